The quantitative estimate of drug-likeness (QED) is 0.847. The molecule has 1 fully saturated rings. The number of anilines is 2. The SMILES string of the molecule is CC(C)(C)OC(=O)N1CCOC(c2cccc(Nc3ccc(Cl)cn3)n2)C1. The second kappa shape index (κ2) is 8.10. The molecule has 1 unspecified atom stereocenters. The molecule has 2 aromatic rings. The number of aromatic nitrogens is 2. The van der Waals surface area contributed by atoms with Gasteiger partial charge in [-0.1, -0.05) is 17.7 Å². The summed E-state index contributed by atoms with van der Waals surface area (Å²) >= 11 is 5.86. The summed E-state index contributed by atoms with van der Waals surface area (Å²) in [6.45, 7) is 6.88. The summed E-state index contributed by atoms with van der Waals surface area (Å²) in [5.41, 5.74) is 0.209. The molecular formula is C19H23ClN4O3. The lowest BCUT2D eigenvalue weighted by molar-refractivity contribution is -0.0446. The first kappa shape index (κ1) is 19.4. The summed E-state index contributed by atoms with van der Waals surface area (Å²) in [6.07, 6.45) is 0.915. The predicted molar refractivity (Wildman–Crippen MR) is 103 cm³/mol. The highest BCUT2D eigenvalue weighted by atomic mass is 35.5. The lowest BCUT2D eigenvalue weighted by atomic mass is 10.2. The second-order valence-corrected chi connectivity index (χ2v) is 7.66. The monoisotopic (exact) mass is 390 g/mol. The molecule has 2 aromatic heterocycles. The fourth-order valence-corrected chi connectivity index (χ4v) is 2.71. The van der Waals surface area contributed by atoms with Crippen molar-refractivity contribution in [2.45, 2.75) is 32.5 Å². The summed E-state index contributed by atoms with van der Waals surface area (Å²) in [7, 11) is 0. The highest BCUT2D eigenvalue weighted by Gasteiger charge is 2.29. The highest BCUT2D eigenvalue weighted by molar-refractivity contribution is 6.30. The van der Waals surface area contributed by atoms with E-state index < -0.39 is 5.60 Å². The number of rotatable bonds is 3. The van der Waals surface area contributed by atoms with Gasteiger partial charge in [0.2, 0.25) is 0 Å². The number of nitrogens with one attached hydrogen (secondary N) is 1. The van der Waals surface area contributed by atoms with E-state index in [1.54, 1.807) is 23.2 Å². The third kappa shape index (κ3) is 5.55. The molecule has 1 N–H and O–H groups in total. The zero-order valence-corrected chi connectivity index (χ0v) is 16.4. The van der Waals surface area contributed by atoms with E-state index in [2.05, 4.69) is 15.3 Å². The van der Waals surface area contributed by atoms with Crippen molar-refractivity contribution in [3.63, 3.8) is 0 Å². The van der Waals surface area contributed by atoms with Crippen LogP contribution in [-0.4, -0.2) is 46.3 Å². The molecule has 3 rings (SSSR count). The van der Waals surface area contributed by atoms with Crippen LogP contribution in [0.4, 0.5) is 16.4 Å². The molecule has 8 heteroatoms. The molecule has 3 heterocycles. The van der Waals surface area contributed by atoms with Gasteiger partial charge in [0.1, 0.15) is 23.3 Å². The Morgan fingerprint density at radius 2 is 2.11 bits per heavy atom. The number of amides is 1. The summed E-state index contributed by atoms with van der Waals surface area (Å²) in [4.78, 5) is 22.8. The molecule has 0 saturated carbocycles. The maximum absolute atomic E-state index is 12.3. The minimum atomic E-state index is -0.529. The zero-order chi connectivity index (χ0) is 19.4. The lowest BCUT2D eigenvalue weighted by Crippen LogP contribution is -2.44. The molecule has 1 atom stereocenters. The Morgan fingerprint density at radius 1 is 1.30 bits per heavy atom. The summed E-state index contributed by atoms with van der Waals surface area (Å²) in [5, 5.41) is 3.70. The number of carbonyl (C=O) groups is 1. The standard InChI is InChI=1S/C19H23ClN4O3/c1-19(2,3)27-18(25)24-9-10-26-15(12-24)14-5-4-6-17(22-14)23-16-8-7-13(20)11-21-16/h4-8,11,15H,9-10,12H2,1-3H3,(H,21,22,23). The van der Waals surface area contributed by atoms with Crippen molar-refractivity contribution in [3.8, 4) is 0 Å². The average molecular weight is 391 g/mol. The largest absolute Gasteiger partial charge is 0.444 e. The van der Waals surface area contributed by atoms with Gasteiger partial charge in [-0.15, -0.1) is 0 Å². The van der Waals surface area contributed by atoms with Crippen molar-refractivity contribution < 1.29 is 14.3 Å². The average Bonchev–Trinajstić information content (AvgIpc) is 2.63. The van der Waals surface area contributed by atoms with Gasteiger partial charge in [-0.25, -0.2) is 14.8 Å². The van der Waals surface area contributed by atoms with Gasteiger partial charge in [-0.3, -0.25) is 0 Å². The summed E-state index contributed by atoms with van der Waals surface area (Å²) in [6, 6.07) is 9.13. The first-order valence-electron chi connectivity index (χ1n) is 8.75. The van der Waals surface area contributed by atoms with Crippen molar-refractivity contribution >= 4 is 29.3 Å². The summed E-state index contributed by atoms with van der Waals surface area (Å²) in [5.74, 6) is 1.28. The Balaban J connectivity index is 1.68. The van der Waals surface area contributed by atoms with Crippen LogP contribution in [0.15, 0.2) is 36.5 Å². The van der Waals surface area contributed by atoms with E-state index in [-0.39, 0.29) is 12.2 Å². The van der Waals surface area contributed by atoms with Crippen molar-refractivity contribution in [1.82, 2.24) is 14.9 Å². The Kier molecular flexibility index (Phi) is 5.82. The Hall–Kier alpha value is -2.38. The van der Waals surface area contributed by atoms with Crippen LogP contribution in [0.1, 0.15) is 32.6 Å². The zero-order valence-electron chi connectivity index (χ0n) is 15.6. The minimum absolute atomic E-state index is 0.314. The van der Waals surface area contributed by atoms with E-state index in [1.807, 2.05) is 39.0 Å². The molecule has 0 radical (unpaired) electrons. The molecule has 0 bridgehead atoms. The number of hydrogen-bond acceptors (Lipinski definition) is 6. The molecule has 1 saturated heterocycles. The van der Waals surface area contributed by atoms with Gasteiger partial charge in [0.25, 0.3) is 0 Å². The molecule has 144 valence electrons. The number of halogens is 1. The van der Waals surface area contributed by atoms with Crippen molar-refractivity contribution in [2.75, 3.05) is 25.0 Å². The maximum Gasteiger partial charge on any atom is 0.410 e. The minimum Gasteiger partial charge on any atom is -0.444 e. The molecule has 7 nitrogen and oxygen atoms in total. The predicted octanol–water partition coefficient (Wildman–Crippen LogP) is 4.18. The van der Waals surface area contributed by atoms with Crippen LogP contribution in [0.3, 0.4) is 0 Å². The van der Waals surface area contributed by atoms with Gasteiger partial charge in [-0.05, 0) is 45.0 Å². The molecule has 0 aliphatic carbocycles. The van der Waals surface area contributed by atoms with Crippen LogP contribution in [0.5, 0.6) is 0 Å². The maximum atomic E-state index is 12.3. The van der Waals surface area contributed by atoms with E-state index in [4.69, 9.17) is 21.1 Å². The van der Waals surface area contributed by atoms with Gasteiger partial charge in [0, 0.05) is 12.7 Å². The van der Waals surface area contributed by atoms with Crippen molar-refractivity contribution in [2.24, 2.45) is 0 Å². The fraction of sp³-hybridized carbons (Fsp3) is 0.421. The van der Waals surface area contributed by atoms with E-state index in [0.29, 0.717) is 36.4 Å². The Morgan fingerprint density at radius 3 is 2.81 bits per heavy atom. The van der Waals surface area contributed by atoms with Crippen LogP contribution in [0.25, 0.3) is 0 Å². The van der Waals surface area contributed by atoms with Crippen LogP contribution >= 0.6 is 11.6 Å². The van der Waals surface area contributed by atoms with Crippen LogP contribution in [-0.2, 0) is 9.47 Å². The molecule has 27 heavy (non-hydrogen) atoms. The van der Waals surface area contributed by atoms with Gasteiger partial charge < -0.3 is 19.7 Å². The third-order valence-corrected chi connectivity index (χ3v) is 4.03. The van der Waals surface area contributed by atoms with Gasteiger partial charge in [0.05, 0.1) is 23.9 Å². The van der Waals surface area contributed by atoms with Crippen LogP contribution in [0, 0.1) is 0 Å². The smallest absolute Gasteiger partial charge is 0.410 e. The molecule has 1 amide bonds. The van der Waals surface area contributed by atoms with Gasteiger partial charge >= 0.3 is 6.09 Å². The molecule has 0 spiro atoms. The van der Waals surface area contributed by atoms with E-state index in [0.717, 1.165) is 5.69 Å². The fourth-order valence-electron chi connectivity index (χ4n) is 2.60. The first-order chi connectivity index (χ1) is 12.8. The van der Waals surface area contributed by atoms with Crippen LogP contribution in [0.2, 0.25) is 5.02 Å². The molecule has 0 aromatic carbocycles. The first-order valence-corrected chi connectivity index (χ1v) is 9.13. The number of morpholine rings is 1. The number of nitrogens with zero attached hydrogens (tertiary/aromatic N) is 3. The number of carbonyl (C=O) groups excluding carboxylic acids is 1. The second-order valence-electron chi connectivity index (χ2n) is 7.22. The molecular weight excluding hydrogens is 368 g/mol. The normalized spacial score (nSPS) is 17.5. The number of ether oxygens (including phenoxy) is 2. The van der Waals surface area contributed by atoms with Gasteiger partial charge in [0.15, 0.2) is 0 Å². The molecule has 1 aliphatic heterocycles. The van der Waals surface area contributed by atoms with Crippen molar-refractivity contribution in [3.05, 3.63) is 47.2 Å². The third-order valence-electron chi connectivity index (χ3n) is 3.80. The molecule has 1 aliphatic rings. The van der Waals surface area contributed by atoms with Crippen molar-refractivity contribution in [1.29, 1.82) is 0 Å². The summed E-state index contributed by atoms with van der Waals surface area (Å²) < 4.78 is 11.3. The van der Waals surface area contributed by atoms with E-state index >= 15 is 0 Å². The number of hydrogen-bond donors (Lipinski definition) is 1. The van der Waals surface area contributed by atoms with Gasteiger partial charge in [-0.2, -0.15) is 0 Å². The van der Waals surface area contributed by atoms with Crippen LogP contribution < -0.4 is 5.32 Å². The van der Waals surface area contributed by atoms with E-state index in [1.165, 1.54) is 0 Å². The number of pyridine rings is 2. The topological polar surface area (TPSA) is 76.6 Å². The Bertz CT molecular complexity index is 792. The lowest BCUT2D eigenvalue weighted by Gasteiger charge is -2.34. The highest BCUT2D eigenvalue weighted by Crippen LogP contribution is 2.24. The Labute approximate surface area is 163 Å². The van der Waals surface area contributed by atoms with E-state index in [9.17, 15) is 4.79 Å².